The van der Waals surface area contributed by atoms with Gasteiger partial charge in [0.15, 0.2) is 0 Å². The number of benzene rings is 1. The van der Waals surface area contributed by atoms with Crippen molar-refractivity contribution < 1.29 is 23.5 Å². The largest absolute Gasteiger partial charge is 0.462 e. The fourth-order valence-corrected chi connectivity index (χ4v) is 1.75. The Morgan fingerprint density at radius 3 is 2.00 bits per heavy atom. The van der Waals surface area contributed by atoms with E-state index < -0.39 is 11.9 Å². The van der Waals surface area contributed by atoms with Crippen molar-refractivity contribution >= 4 is 11.9 Å². The third-order valence-corrected chi connectivity index (χ3v) is 2.80. The Hall–Kier alpha value is -2.17. The van der Waals surface area contributed by atoms with Gasteiger partial charge in [-0.1, -0.05) is 25.1 Å². The van der Waals surface area contributed by atoms with Gasteiger partial charge in [-0.2, -0.15) is 0 Å². The van der Waals surface area contributed by atoms with Gasteiger partial charge < -0.3 is 9.47 Å². The first-order valence-electron chi connectivity index (χ1n) is 6.81. The molecule has 5 heteroatoms. The summed E-state index contributed by atoms with van der Waals surface area (Å²) in [5, 5.41) is 0. The number of halogens is 1. The number of allylic oxidation sites excluding steroid dienone is 1. The maximum Gasteiger partial charge on any atom is 0.345 e. The highest BCUT2D eigenvalue weighted by Gasteiger charge is 2.22. The van der Waals surface area contributed by atoms with Crippen LogP contribution in [-0.2, 0) is 19.1 Å². The van der Waals surface area contributed by atoms with E-state index in [2.05, 4.69) is 0 Å². The predicted octanol–water partition coefficient (Wildman–Crippen LogP) is 2.98. The Bertz CT molecular complexity index is 500. The highest BCUT2D eigenvalue weighted by molar-refractivity contribution is 6.14. The molecule has 0 saturated carbocycles. The molecule has 1 atom stereocenters. The van der Waals surface area contributed by atoms with Gasteiger partial charge in [0.1, 0.15) is 11.4 Å². The van der Waals surface area contributed by atoms with Crippen molar-refractivity contribution in [3.05, 3.63) is 47.3 Å². The standard InChI is InChI=1S/C16H19FO4/c1-4-20-15(18)14(16(19)21-5-2)10-11(3)12-6-8-13(17)9-7-12/h6-11H,4-5H2,1-3H3. The summed E-state index contributed by atoms with van der Waals surface area (Å²) < 4.78 is 22.6. The van der Waals surface area contributed by atoms with E-state index in [1.165, 1.54) is 18.2 Å². The molecule has 0 aliphatic heterocycles. The van der Waals surface area contributed by atoms with Gasteiger partial charge in [0.2, 0.25) is 0 Å². The molecule has 0 heterocycles. The molecule has 0 aliphatic rings. The Morgan fingerprint density at radius 1 is 1.10 bits per heavy atom. The van der Waals surface area contributed by atoms with Crippen LogP contribution in [0.25, 0.3) is 0 Å². The van der Waals surface area contributed by atoms with Gasteiger partial charge in [-0.15, -0.1) is 0 Å². The predicted molar refractivity (Wildman–Crippen MR) is 76.2 cm³/mol. The summed E-state index contributed by atoms with van der Waals surface area (Å²) in [6.07, 6.45) is 1.48. The van der Waals surface area contributed by atoms with E-state index in [4.69, 9.17) is 9.47 Å². The highest BCUT2D eigenvalue weighted by Crippen LogP contribution is 2.20. The summed E-state index contributed by atoms with van der Waals surface area (Å²) in [4.78, 5) is 23.7. The molecule has 0 saturated heterocycles. The average molecular weight is 294 g/mol. The van der Waals surface area contributed by atoms with Crippen LogP contribution < -0.4 is 0 Å². The molecule has 0 bridgehead atoms. The average Bonchev–Trinajstić information content (AvgIpc) is 2.45. The number of carbonyl (C=O) groups excluding carboxylic acids is 2. The molecule has 114 valence electrons. The quantitative estimate of drug-likeness (QED) is 0.350. The van der Waals surface area contributed by atoms with Crippen LogP contribution in [-0.4, -0.2) is 25.2 Å². The molecule has 21 heavy (non-hydrogen) atoms. The van der Waals surface area contributed by atoms with Crippen molar-refractivity contribution in [2.45, 2.75) is 26.7 Å². The lowest BCUT2D eigenvalue weighted by atomic mass is 9.98. The van der Waals surface area contributed by atoms with E-state index in [0.29, 0.717) is 0 Å². The maximum absolute atomic E-state index is 12.9. The molecule has 1 unspecified atom stereocenters. The highest BCUT2D eigenvalue weighted by atomic mass is 19.1. The summed E-state index contributed by atoms with van der Waals surface area (Å²) in [6.45, 7) is 5.45. The first-order valence-corrected chi connectivity index (χ1v) is 6.81. The number of hydrogen-bond donors (Lipinski definition) is 0. The zero-order chi connectivity index (χ0) is 15.8. The first-order chi connectivity index (χ1) is 9.99. The van der Waals surface area contributed by atoms with E-state index in [-0.39, 0.29) is 30.5 Å². The minimum Gasteiger partial charge on any atom is -0.462 e. The summed E-state index contributed by atoms with van der Waals surface area (Å²) >= 11 is 0. The molecular weight excluding hydrogens is 275 g/mol. The second kappa shape index (κ2) is 8.19. The molecule has 0 amide bonds. The minimum absolute atomic E-state index is 0.143. The van der Waals surface area contributed by atoms with Crippen molar-refractivity contribution in [3.8, 4) is 0 Å². The van der Waals surface area contributed by atoms with Crippen LogP contribution in [0.1, 0.15) is 32.3 Å². The lowest BCUT2D eigenvalue weighted by molar-refractivity contribution is -0.146. The molecule has 0 N–H and O–H groups in total. The van der Waals surface area contributed by atoms with Crippen molar-refractivity contribution in [2.75, 3.05) is 13.2 Å². The third-order valence-electron chi connectivity index (χ3n) is 2.80. The number of esters is 2. The van der Waals surface area contributed by atoms with Crippen molar-refractivity contribution in [1.82, 2.24) is 0 Å². The van der Waals surface area contributed by atoms with Crippen LogP contribution in [0.15, 0.2) is 35.9 Å². The Labute approximate surface area is 123 Å². The van der Waals surface area contributed by atoms with Crippen molar-refractivity contribution in [2.24, 2.45) is 0 Å². The van der Waals surface area contributed by atoms with E-state index in [9.17, 15) is 14.0 Å². The second-order valence-electron chi connectivity index (χ2n) is 4.36. The molecule has 0 aromatic heterocycles. The molecular formula is C16H19FO4. The smallest absolute Gasteiger partial charge is 0.345 e. The Balaban J connectivity index is 3.02. The molecule has 0 radical (unpaired) electrons. The van der Waals surface area contributed by atoms with Crippen LogP contribution >= 0.6 is 0 Å². The lowest BCUT2D eigenvalue weighted by Crippen LogP contribution is -2.19. The van der Waals surface area contributed by atoms with Crippen LogP contribution in [0, 0.1) is 5.82 Å². The van der Waals surface area contributed by atoms with E-state index in [1.807, 2.05) is 0 Å². The molecule has 1 aromatic carbocycles. The van der Waals surface area contributed by atoms with Crippen molar-refractivity contribution in [1.29, 1.82) is 0 Å². The van der Waals surface area contributed by atoms with Gasteiger partial charge in [0, 0.05) is 5.92 Å². The monoisotopic (exact) mass is 294 g/mol. The van der Waals surface area contributed by atoms with E-state index in [0.717, 1.165) is 5.56 Å². The zero-order valence-electron chi connectivity index (χ0n) is 12.4. The summed E-state index contributed by atoms with van der Waals surface area (Å²) in [5.74, 6) is -2.03. The zero-order valence-corrected chi connectivity index (χ0v) is 12.4. The minimum atomic E-state index is -0.718. The lowest BCUT2D eigenvalue weighted by Gasteiger charge is -2.11. The Kier molecular flexibility index (Phi) is 6.59. The fourth-order valence-electron chi connectivity index (χ4n) is 1.75. The van der Waals surface area contributed by atoms with Crippen LogP contribution in [0.2, 0.25) is 0 Å². The van der Waals surface area contributed by atoms with E-state index in [1.54, 1.807) is 32.9 Å². The maximum atomic E-state index is 12.9. The van der Waals surface area contributed by atoms with Gasteiger partial charge in [0.25, 0.3) is 0 Å². The van der Waals surface area contributed by atoms with Crippen LogP contribution in [0.5, 0.6) is 0 Å². The van der Waals surface area contributed by atoms with Gasteiger partial charge in [-0.25, -0.2) is 14.0 Å². The van der Waals surface area contributed by atoms with Crippen molar-refractivity contribution in [3.63, 3.8) is 0 Å². The van der Waals surface area contributed by atoms with Crippen LogP contribution in [0.4, 0.5) is 4.39 Å². The molecule has 0 aliphatic carbocycles. The molecule has 4 nitrogen and oxygen atoms in total. The van der Waals surface area contributed by atoms with Gasteiger partial charge in [0.05, 0.1) is 13.2 Å². The molecule has 0 spiro atoms. The number of hydrogen-bond acceptors (Lipinski definition) is 4. The molecule has 1 rings (SSSR count). The van der Waals surface area contributed by atoms with Gasteiger partial charge >= 0.3 is 11.9 Å². The fraction of sp³-hybridized carbons (Fsp3) is 0.375. The summed E-state index contributed by atoms with van der Waals surface area (Å²) in [6, 6.07) is 5.86. The van der Waals surface area contributed by atoms with Gasteiger partial charge in [-0.3, -0.25) is 0 Å². The first kappa shape index (κ1) is 16.9. The molecule has 0 fully saturated rings. The SMILES string of the molecule is CCOC(=O)C(=CC(C)c1ccc(F)cc1)C(=O)OCC. The second-order valence-corrected chi connectivity index (χ2v) is 4.36. The van der Waals surface area contributed by atoms with Gasteiger partial charge in [-0.05, 0) is 31.5 Å². The number of rotatable bonds is 6. The van der Waals surface area contributed by atoms with Crippen LogP contribution in [0.3, 0.4) is 0 Å². The number of ether oxygens (including phenoxy) is 2. The normalized spacial score (nSPS) is 11.4. The third kappa shape index (κ3) is 5.02. The molecule has 1 aromatic rings. The topological polar surface area (TPSA) is 52.6 Å². The summed E-state index contributed by atoms with van der Waals surface area (Å²) in [7, 11) is 0. The summed E-state index contributed by atoms with van der Waals surface area (Å²) in [5.41, 5.74) is 0.637. The Morgan fingerprint density at radius 2 is 1.57 bits per heavy atom. The van der Waals surface area contributed by atoms with E-state index >= 15 is 0 Å². The number of carbonyl (C=O) groups is 2.